The van der Waals surface area contributed by atoms with Crippen molar-refractivity contribution in [3.8, 4) is 0 Å². The normalized spacial score (nSPS) is 30.1. The van der Waals surface area contributed by atoms with Crippen molar-refractivity contribution in [2.75, 3.05) is 13.2 Å². The number of hydrogen-bond acceptors (Lipinski definition) is 5. The lowest BCUT2D eigenvalue weighted by molar-refractivity contribution is -0.123. The van der Waals surface area contributed by atoms with Crippen LogP contribution >= 0.6 is 15.9 Å². The number of rotatable bonds is 4. The smallest absolute Gasteiger partial charge is 0.242 e. The van der Waals surface area contributed by atoms with E-state index < -0.39 is 0 Å². The summed E-state index contributed by atoms with van der Waals surface area (Å²) < 4.78 is 13.7. The lowest BCUT2D eigenvalue weighted by Crippen LogP contribution is -2.47. The number of hydrogen-bond donors (Lipinski definition) is 2. The summed E-state index contributed by atoms with van der Waals surface area (Å²) in [5.41, 5.74) is 0. The van der Waals surface area contributed by atoms with Crippen LogP contribution in [0.4, 0.5) is 0 Å². The molecule has 2 N–H and O–H groups in total. The molecule has 2 amide bonds. The number of nitrogens with zero attached hydrogens (tertiary/aromatic N) is 2. The average Bonchev–Trinajstić information content (AvgIpc) is 3.10. The molecule has 0 radical (unpaired) electrons. The van der Waals surface area contributed by atoms with Crippen molar-refractivity contribution < 1.29 is 19.1 Å². The number of ether oxygens (including phenoxy) is 2. The second kappa shape index (κ2) is 6.35. The van der Waals surface area contributed by atoms with Crippen LogP contribution in [0.15, 0.2) is 16.9 Å². The van der Waals surface area contributed by atoms with Crippen LogP contribution in [0.1, 0.15) is 6.92 Å². The highest BCUT2D eigenvalue weighted by molar-refractivity contribution is 9.10. The molecule has 9 heteroatoms. The molecule has 4 atom stereocenters. The van der Waals surface area contributed by atoms with Gasteiger partial charge in [0.1, 0.15) is 18.8 Å². The van der Waals surface area contributed by atoms with Gasteiger partial charge in [-0.2, -0.15) is 5.10 Å². The summed E-state index contributed by atoms with van der Waals surface area (Å²) in [5, 5.41) is 9.75. The Bertz CT molecular complexity index is 578. The zero-order valence-corrected chi connectivity index (χ0v) is 13.6. The Labute approximate surface area is 135 Å². The van der Waals surface area contributed by atoms with E-state index >= 15 is 0 Å². The Morgan fingerprint density at radius 1 is 1.32 bits per heavy atom. The van der Waals surface area contributed by atoms with Crippen LogP contribution in [0.2, 0.25) is 0 Å². The Morgan fingerprint density at radius 2 is 1.95 bits per heavy atom. The molecule has 2 aliphatic heterocycles. The minimum Gasteiger partial charge on any atom is -0.371 e. The molecule has 2 aliphatic rings. The van der Waals surface area contributed by atoms with E-state index in [1.54, 1.807) is 17.1 Å². The molecule has 3 heterocycles. The summed E-state index contributed by atoms with van der Waals surface area (Å²) >= 11 is 3.28. The molecular weight excluding hydrogens is 356 g/mol. The largest absolute Gasteiger partial charge is 0.371 e. The molecule has 0 aliphatic carbocycles. The Kier molecular flexibility index (Phi) is 4.46. The van der Waals surface area contributed by atoms with E-state index in [1.807, 2.05) is 0 Å². The van der Waals surface area contributed by atoms with Gasteiger partial charge in [0.25, 0.3) is 0 Å². The number of carbonyl (C=O) groups is 2. The van der Waals surface area contributed by atoms with E-state index in [1.165, 1.54) is 6.92 Å². The maximum Gasteiger partial charge on any atom is 0.242 e. The third-order valence-electron chi connectivity index (χ3n) is 3.70. The van der Waals surface area contributed by atoms with Crippen LogP contribution in [0.3, 0.4) is 0 Å². The van der Waals surface area contributed by atoms with Gasteiger partial charge < -0.3 is 20.1 Å². The first kappa shape index (κ1) is 15.4. The van der Waals surface area contributed by atoms with E-state index in [-0.39, 0.29) is 42.7 Å². The molecule has 1 aromatic heterocycles. The van der Waals surface area contributed by atoms with E-state index in [0.717, 1.165) is 4.47 Å². The van der Waals surface area contributed by atoms with Crippen LogP contribution in [-0.2, 0) is 25.6 Å². The number of carbonyl (C=O) groups excluding carboxylic acids is 2. The van der Waals surface area contributed by atoms with Gasteiger partial charge in [0.05, 0.1) is 36.0 Å². The second-order valence-corrected chi connectivity index (χ2v) is 6.35. The summed E-state index contributed by atoms with van der Waals surface area (Å²) in [4.78, 5) is 23.2. The first-order chi connectivity index (χ1) is 10.5. The van der Waals surface area contributed by atoms with Gasteiger partial charge in [-0.3, -0.25) is 14.3 Å². The molecule has 0 saturated carbocycles. The van der Waals surface area contributed by atoms with E-state index in [2.05, 4.69) is 31.7 Å². The SMILES string of the molecule is CC(=O)N[C@H]1CO[C@H]2[C@@H]1OC[C@@H]2NC(=O)Cn1cc(Br)cn1. The van der Waals surface area contributed by atoms with Gasteiger partial charge in [-0.05, 0) is 15.9 Å². The lowest BCUT2D eigenvalue weighted by atomic mass is 10.1. The van der Waals surface area contributed by atoms with Crippen LogP contribution in [-0.4, -0.2) is 59.1 Å². The van der Waals surface area contributed by atoms with Gasteiger partial charge in [-0.15, -0.1) is 0 Å². The minimum absolute atomic E-state index is 0.116. The first-order valence-corrected chi connectivity index (χ1v) is 7.80. The second-order valence-electron chi connectivity index (χ2n) is 5.43. The molecular formula is C13H17BrN4O4. The highest BCUT2D eigenvalue weighted by Gasteiger charge is 2.48. The molecule has 22 heavy (non-hydrogen) atoms. The summed E-state index contributed by atoms with van der Waals surface area (Å²) in [7, 11) is 0. The predicted octanol–water partition coefficient (Wildman–Crippen LogP) is -0.567. The summed E-state index contributed by atoms with van der Waals surface area (Å²) in [6.45, 7) is 2.37. The molecule has 120 valence electrons. The molecule has 3 rings (SSSR count). The van der Waals surface area contributed by atoms with E-state index in [0.29, 0.717) is 13.2 Å². The van der Waals surface area contributed by atoms with Gasteiger partial charge >= 0.3 is 0 Å². The Hall–Kier alpha value is -1.45. The minimum atomic E-state index is -0.231. The predicted molar refractivity (Wildman–Crippen MR) is 78.9 cm³/mol. The number of nitrogens with one attached hydrogen (secondary N) is 2. The molecule has 1 aromatic rings. The van der Waals surface area contributed by atoms with Crippen LogP contribution < -0.4 is 10.6 Å². The van der Waals surface area contributed by atoms with Gasteiger partial charge in [0.15, 0.2) is 0 Å². The molecule has 8 nitrogen and oxygen atoms in total. The Balaban J connectivity index is 1.54. The van der Waals surface area contributed by atoms with Gasteiger partial charge in [0, 0.05) is 13.1 Å². The van der Waals surface area contributed by atoms with Crippen molar-refractivity contribution in [3.05, 3.63) is 16.9 Å². The fourth-order valence-electron chi connectivity index (χ4n) is 2.83. The van der Waals surface area contributed by atoms with Crippen molar-refractivity contribution >= 4 is 27.7 Å². The molecule has 0 spiro atoms. The third-order valence-corrected chi connectivity index (χ3v) is 4.11. The number of amides is 2. The maximum atomic E-state index is 12.1. The molecule has 0 bridgehead atoms. The van der Waals surface area contributed by atoms with Crippen molar-refractivity contribution in [1.29, 1.82) is 0 Å². The zero-order valence-electron chi connectivity index (χ0n) is 12.0. The third kappa shape index (κ3) is 3.31. The topological polar surface area (TPSA) is 94.5 Å². The quantitative estimate of drug-likeness (QED) is 0.738. The highest BCUT2D eigenvalue weighted by Crippen LogP contribution is 2.27. The lowest BCUT2D eigenvalue weighted by Gasteiger charge is -2.18. The van der Waals surface area contributed by atoms with Crippen molar-refractivity contribution in [1.82, 2.24) is 20.4 Å². The Morgan fingerprint density at radius 3 is 2.50 bits per heavy atom. The number of halogens is 1. The van der Waals surface area contributed by atoms with Gasteiger partial charge in [0.2, 0.25) is 11.8 Å². The average molecular weight is 373 g/mol. The summed E-state index contributed by atoms with van der Waals surface area (Å²) in [5.74, 6) is -0.272. The summed E-state index contributed by atoms with van der Waals surface area (Å²) in [6, 6.07) is -0.373. The monoisotopic (exact) mass is 372 g/mol. The van der Waals surface area contributed by atoms with Crippen LogP contribution in [0.5, 0.6) is 0 Å². The van der Waals surface area contributed by atoms with E-state index in [9.17, 15) is 9.59 Å². The number of aromatic nitrogens is 2. The van der Waals surface area contributed by atoms with Crippen LogP contribution in [0, 0.1) is 0 Å². The van der Waals surface area contributed by atoms with Gasteiger partial charge in [-0.1, -0.05) is 0 Å². The fourth-order valence-corrected chi connectivity index (χ4v) is 3.16. The molecule has 0 unspecified atom stereocenters. The number of fused-ring (bicyclic) bond motifs is 1. The van der Waals surface area contributed by atoms with E-state index in [4.69, 9.17) is 9.47 Å². The molecule has 2 saturated heterocycles. The summed E-state index contributed by atoms with van der Waals surface area (Å²) in [6.07, 6.45) is 2.91. The fraction of sp³-hybridized carbons (Fsp3) is 0.615. The van der Waals surface area contributed by atoms with Gasteiger partial charge in [-0.25, -0.2) is 0 Å². The first-order valence-electron chi connectivity index (χ1n) is 7.00. The van der Waals surface area contributed by atoms with Crippen LogP contribution in [0.25, 0.3) is 0 Å². The van der Waals surface area contributed by atoms with Crippen molar-refractivity contribution in [2.45, 2.75) is 37.8 Å². The zero-order chi connectivity index (χ0) is 15.7. The maximum absolute atomic E-state index is 12.1. The molecule has 0 aromatic carbocycles. The standard InChI is InChI=1S/C13H17BrN4O4/c1-7(19)16-9-5-21-13-10(6-22-12(9)13)17-11(20)4-18-3-8(14)2-15-18/h2-3,9-10,12-13H,4-6H2,1H3,(H,16,19)(H,17,20)/t9-,10-,12+,13+/m0/s1. The van der Waals surface area contributed by atoms with Crippen molar-refractivity contribution in [2.24, 2.45) is 0 Å². The highest BCUT2D eigenvalue weighted by atomic mass is 79.9. The van der Waals surface area contributed by atoms with Crippen molar-refractivity contribution in [3.63, 3.8) is 0 Å². The molecule has 2 fully saturated rings.